The van der Waals surface area contributed by atoms with E-state index in [4.69, 9.17) is 0 Å². The second-order valence-corrected chi connectivity index (χ2v) is 8.66. The maximum atomic E-state index is 12.5. The summed E-state index contributed by atoms with van der Waals surface area (Å²) in [6, 6.07) is 7.91. The molecule has 1 saturated carbocycles. The molecule has 1 fully saturated rings. The second kappa shape index (κ2) is 6.61. The van der Waals surface area contributed by atoms with E-state index in [1.165, 1.54) is 51.2 Å². The van der Waals surface area contributed by atoms with Crippen molar-refractivity contribution in [3.63, 3.8) is 0 Å². The van der Waals surface area contributed by atoms with E-state index in [1.54, 1.807) is 12.3 Å². The minimum Gasteiger partial charge on any atom is -0.307 e. The lowest BCUT2D eigenvalue weighted by atomic mass is 10.2. The van der Waals surface area contributed by atoms with Crippen molar-refractivity contribution in [1.82, 2.24) is 14.1 Å². The first-order chi connectivity index (χ1) is 11.8. The molecule has 134 valence electrons. The van der Waals surface area contributed by atoms with Crippen molar-refractivity contribution in [3.05, 3.63) is 42.1 Å². The monoisotopic (exact) mass is 362 g/mol. The number of carbonyl (C=O) groups excluding carboxylic acids is 1. The van der Waals surface area contributed by atoms with Gasteiger partial charge < -0.3 is 5.32 Å². The zero-order valence-electron chi connectivity index (χ0n) is 14.5. The van der Waals surface area contributed by atoms with Gasteiger partial charge in [-0.1, -0.05) is 0 Å². The molecule has 0 spiro atoms. The van der Waals surface area contributed by atoms with Crippen molar-refractivity contribution in [2.24, 2.45) is 5.92 Å². The van der Waals surface area contributed by atoms with E-state index in [0.29, 0.717) is 17.3 Å². The number of nitrogens with zero attached hydrogens (tertiary/aromatic N) is 3. The van der Waals surface area contributed by atoms with Gasteiger partial charge in [-0.25, -0.2) is 17.4 Å². The van der Waals surface area contributed by atoms with Crippen LogP contribution in [0, 0.1) is 5.92 Å². The van der Waals surface area contributed by atoms with Crippen molar-refractivity contribution < 1.29 is 13.2 Å². The highest BCUT2D eigenvalue weighted by atomic mass is 32.2. The average molecular weight is 362 g/mol. The minimum atomic E-state index is -3.50. The zero-order valence-corrected chi connectivity index (χ0v) is 15.3. The first-order valence-corrected chi connectivity index (χ1v) is 9.62. The highest BCUT2D eigenvalue weighted by molar-refractivity contribution is 7.89. The van der Waals surface area contributed by atoms with Crippen LogP contribution in [0.5, 0.6) is 0 Å². The number of hydrogen-bond donors (Lipinski definition) is 1. The summed E-state index contributed by atoms with van der Waals surface area (Å²) in [4.78, 5) is 12.6. The van der Waals surface area contributed by atoms with Crippen LogP contribution in [0.15, 0.2) is 41.4 Å². The van der Waals surface area contributed by atoms with E-state index in [2.05, 4.69) is 17.3 Å². The number of benzene rings is 1. The van der Waals surface area contributed by atoms with Crippen molar-refractivity contribution >= 4 is 21.7 Å². The topological polar surface area (TPSA) is 84.3 Å². The summed E-state index contributed by atoms with van der Waals surface area (Å²) >= 11 is 0. The van der Waals surface area contributed by atoms with Gasteiger partial charge in [0.1, 0.15) is 5.82 Å². The number of anilines is 1. The Labute approximate surface area is 147 Å². The third-order valence-corrected chi connectivity index (χ3v) is 6.33. The number of rotatable bonds is 6. The Balaban J connectivity index is 1.75. The van der Waals surface area contributed by atoms with Gasteiger partial charge in [0.05, 0.1) is 17.1 Å². The number of sulfonamides is 1. The Kier molecular flexibility index (Phi) is 4.66. The molecule has 0 bridgehead atoms. The minimum absolute atomic E-state index is 0.154. The number of amides is 1. The largest absolute Gasteiger partial charge is 0.307 e. The predicted octanol–water partition coefficient (Wildman–Crippen LogP) is 2.36. The van der Waals surface area contributed by atoms with Crippen LogP contribution in [0.1, 0.15) is 36.2 Å². The van der Waals surface area contributed by atoms with E-state index in [1.807, 2.05) is 4.68 Å². The van der Waals surface area contributed by atoms with Gasteiger partial charge >= 0.3 is 0 Å². The van der Waals surface area contributed by atoms with E-state index in [-0.39, 0.29) is 16.8 Å². The summed E-state index contributed by atoms with van der Waals surface area (Å²) in [6.45, 7) is 2.10. The SMILES string of the molecule is C[C@@H](C1CC1)n1nccc1NC(=O)c1ccc(S(=O)(=O)N(C)C)cc1. The average Bonchev–Trinajstić information content (AvgIpc) is 3.34. The molecule has 1 heterocycles. The second-order valence-electron chi connectivity index (χ2n) is 6.50. The van der Waals surface area contributed by atoms with Gasteiger partial charge in [0.15, 0.2) is 0 Å². The predicted molar refractivity (Wildman–Crippen MR) is 94.9 cm³/mol. The molecule has 0 unspecified atom stereocenters. The fourth-order valence-electron chi connectivity index (χ4n) is 2.69. The van der Waals surface area contributed by atoms with Gasteiger partial charge in [-0.05, 0) is 49.9 Å². The molecule has 1 aromatic heterocycles. The van der Waals surface area contributed by atoms with Gasteiger partial charge in [-0.15, -0.1) is 0 Å². The number of carbonyl (C=O) groups is 1. The smallest absolute Gasteiger partial charge is 0.256 e. The molecule has 2 aromatic rings. The lowest BCUT2D eigenvalue weighted by Gasteiger charge is -2.15. The summed E-state index contributed by atoms with van der Waals surface area (Å²) < 4.78 is 27.1. The molecule has 0 aliphatic heterocycles. The zero-order chi connectivity index (χ0) is 18.2. The Morgan fingerprint density at radius 3 is 2.44 bits per heavy atom. The number of aromatic nitrogens is 2. The van der Waals surface area contributed by atoms with E-state index in [0.717, 1.165) is 4.31 Å². The summed E-state index contributed by atoms with van der Waals surface area (Å²) in [6.07, 6.45) is 4.05. The van der Waals surface area contributed by atoms with E-state index in [9.17, 15) is 13.2 Å². The highest BCUT2D eigenvalue weighted by Gasteiger charge is 2.30. The molecule has 0 radical (unpaired) electrons. The molecule has 8 heteroatoms. The van der Waals surface area contributed by atoms with Gasteiger partial charge in [0, 0.05) is 25.7 Å². The standard InChI is InChI=1S/C17H22N4O3S/c1-12(13-4-5-13)21-16(10-11-18-21)19-17(22)14-6-8-15(9-7-14)25(23,24)20(2)3/h6-13H,4-5H2,1-3H3,(H,19,22)/t12-/m0/s1. The summed E-state index contributed by atoms with van der Waals surface area (Å²) in [5.74, 6) is 0.971. The van der Waals surface area contributed by atoms with Crippen LogP contribution in [-0.2, 0) is 10.0 Å². The van der Waals surface area contributed by atoms with Crippen LogP contribution in [0.4, 0.5) is 5.82 Å². The Morgan fingerprint density at radius 1 is 1.24 bits per heavy atom. The Bertz CT molecular complexity index is 868. The molecule has 1 N–H and O–H groups in total. The normalized spacial score (nSPS) is 16.0. The maximum absolute atomic E-state index is 12.5. The number of hydrogen-bond acceptors (Lipinski definition) is 4. The van der Waals surface area contributed by atoms with Crippen LogP contribution in [-0.4, -0.2) is 42.5 Å². The first-order valence-electron chi connectivity index (χ1n) is 8.18. The van der Waals surface area contributed by atoms with E-state index < -0.39 is 10.0 Å². The highest BCUT2D eigenvalue weighted by Crippen LogP contribution is 2.40. The fraction of sp³-hybridized carbons (Fsp3) is 0.412. The molecule has 7 nitrogen and oxygen atoms in total. The Hall–Kier alpha value is -2.19. The fourth-order valence-corrected chi connectivity index (χ4v) is 3.60. The molecule has 3 rings (SSSR count). The first kappa shape index (κ1) is 17.6. The van der Waals surface area contributed by atoms with Crippen LogP contribution < -0.4 is 5.32 Å². The molecular formula is C17H22N4O3S. The van der Waals surface area contributed by atoms with Crippen LogP contribution >= 0.6 is 0 Å². The van der Waals surface area contributed by atoms with Gasteiger partial charge in [0.25, 0.3) is 5.91 Å². The van der Waals surface area contributed by atoms with Gasteiger partial charge in [-0.3, -0.25) is 4.79 Å². The van der Waals surface area contributed by atoms with Gasteiger partial charge in [-0.2, -0.15) is 5.10 Å². The van der Waals surface area contributed by atoms with Gasteiger partial charge in [0.2, 0.25) is 10.0 Å². The molecule has 1 aliphatic carbocycles. The molecule has 1 aromatic carbocycles. The third kappa shape index (κ3) is 3.59. The number of nitrogens with one attached hydrogen (secondary N) is 1. The van der Waals surface area contributed by atoms with E-state index >= 15 is 0 Å². The van der Waals surface area contributed by atoms with Crippen molar-refractivity contribution in [2.75, 3.05) is 19.4 Å². The maximum Gasteiger partial charge on any atom is 0.256 e. The molecule has 1 aliphatic rings. The van der Waals surface area contributed by atoms with Crippen LogP contribution in [0.2, 0.25) is 0 Å². The van der Waals surface area contributed by atoms with Crippen molar-refractivity contribution in [3.8, 4) is 0 Å². The summed E-state index contributed by atoms with van der Waals surface area (Å²) in [5, 5.41) is 7.16. The molecule has 0 saturated heterocycles. The van der Waals surface area contributed by atoms with Crippen LogP contribution in [0.3, 0.4) is 0 Å². The lowest BCUT2D eigenvalue weighted by Crippen LogP contribution is -2.22. The summed E-state index contributed by atoms with van der Waals surface area (Å²) in [7, 11) is -0.562. The van der Waals surface area contributed by atoms with Crippen molar-refractivity contribution in [1.29, 1.82) is 0 Å². The molecular weight excluding hydrogens is 340 g/mol. The summed E-state index contributed by atoms with van der Waals surface area (Å²) in [5.41, 5.74) is 0.393. The molecule has 1 amide bonds. The third-order valence-electron chi connectivity index (χ3n) is 4.50. The Morgan fingerprint density at radius 2 is 1.88 bits per heavy atom. The van der Waals surface area contributed by atoms with Crippen LogP contribution in [0.25, 0.3) is 0 Å². The van der Waals surface area contributed by atoms with Crippen molar-refractivity contribution in [2.45, 2.75) is 30.7 Å². The quantitative estimate of drug-likeness (QED) is 0.855. The lowest BCUT2D eigenvalue weighted by molar-refractivity contribution is 0.102. The molecule has 1 atom stereocenters. The molecule has 25 heavy (non-hydrogen) atoms.